The number of aromatic nitrogens is 2. The molecule has 0 aromatic carbocycles. The van der Waals surface area contributed by atoms with Crippen LogP contribution in [0.25, 0.3) is 0 Å². The maximum Gasteiger partial charge on any atom is 0.401 e. The lowest BCUT2D eigenvalue weighted by molar-refractivity contribution is -0.125. The molecule has 0 unspecified atom stereocenters. The number of anilines is 1. The lowest BCUT2D eigenvalue weighted by Crippen LogP contribution is -2.28. The summed E-state index contributed by atoms with van der Waals surface area (Å²) in [7, 11) is 1.76. The highest BCUT2D eigenvalue weighted by Gasteiger charge is 2.26. The van der Waals surface area contributed by atoms with Crippen LogP contribution >= 0.6 is 0 Å². The zero-order valence-electron chi connectivity index (χ0n) is 9.01. The summed E-state index contributed by atoms with van der Waals surface area (Å²) in [6.45, 7) is 1.42. The molecule has 0 saturated carbocycles. The van der Waals surface area contributed by atoms with Gasteiger partial charge in [-0.2, -0.15) is 18.2 Å². The first-order chi connectivity index (χ1) is 7.42. The topological polar surface area (TPSA) is 54.2 Å². The van der Waals surface area contributed by atoms with Crippen molar-refractivity contribution in [3.63, 3.8) is 0 Å². The predicted molar refractivity (Wildman–Crippen MR) is 51.0 cm³/mol. The van der Waals surface area contributed by atoms with Gasteiger partial charge < -0.3 is 14.7 Å². The molecule has 0 saturated heterocycles. The van der Waals surface area contributed by atoms with Crippen LogP contribution in [0.2, 0.25) is 0 Å². The van der Waals surface area contributed by atoms with Gasteiger partial charge in [0.25, 0.3) is 5.95 Å². The number of rotatable bonds is 5. The summed E-state index contributed by atoms with van der Waals surface area (Å²) >= 11 is 0. The van der Waals surface area contributed by atoms with E-state index in [0.29, 0.717) is 12.5 Å². The van der Waals surface area contributed by atoms with Crippen molar-refractivity contribution >= 4 is 5.95 Å². The monoisotopic (exact) mass is 238 g/mol. The second kappa shape index (κ2) is 5.15. The molecule has 0 radical (unpaired) electrons. The summed E-state index contributed by atoms with van der Waals surface area (Å²) in [6.07, 6.45) is -4.23. The minimum atomic E-state index is -4.23. The second-order valence-electron chi connectivity index (χ2n) is 3.22. The Morgan fingerprint density at radius 3 is 2.69 bits per heavy atom. The minimum Gasteiger partial charge on any atom is -0.342 e. The molecule has 0 atom stereocenters. The number of hydrogen-bond donors (Lipinski definition) is 1. The normalized spacial score (nSPS) is 11.8. The van der Waals surface area contributed by atoms with E-state index < -0.39 is 12.7 Å². The molecule has 16 heavy (non-hydrogen) atoms. The fraction of sp³-hybridized carbons (Fsp3) is 0.750. The average Bonchev–Trinajstić information content (AvgIpc) is 2.63. The van der Waals surface area contributed by atoms with Crippen molar-refractivity contribution in [2.75, 3.05) is 25.0 Å². The van der Waals surface area contributed by atoms with Crippen LogP contribution in [-0.2, 0) is 6.54 Å². The lowest BCUT2D eigenvalue weighted by Gasteiger charge is -2.08. The quantitative estimate of drug-likeness (QED) is 0.834. The Labute approximate surface area is 90.6 Å². The number of nitrogens with zero attached hydrogens (tertiary/aromatic N) is 3. The van der Waals surface area contributed by atoms with Crippen LogP contribution < -0.4 is 10.2 Å². The number of alkyl halides is 3. The van der Waals surface area contributed by atoms with Gasteiger partial charge in [0.15, 0.2) is 0 Å². The molecule has 5 nitrogen and oxygen atoms in total. The van der Waals surface area contributed by atoms with E-state index in [9.17, 15) is 13.2 Å². The van der Waals surface area contributed by atoms with Gasteiger partial charge in [-0.3, -0.25) is 0 Å². The summed E-state index contributed by atoms with van der Waals surface area (Å²) in [5, 5.41) is 5.79. The molecule has 1 aromatic heterocycles. The minimum absolute atomic E-state index is 0.0932. The highest BCUT2D eigenvalue weighted by Crippen LogP contribution is 2.13. The van der Waals surface area contributed by atoms with E-state index in [-0.39, 0.29) is 12.4 Å². The molecule has 1 heterocycles. The van der Waals surface area contributed by atoms with Crippen molar-refractivity contribution < 1.29 is 17.7 Å². The molecule has 0 spiro atoms. The van der Waals surface area contributed by atoms with Crippen LogP contribution in [0.3, 0.4) is 0 Å². The standard InChI is InChI=1S/C8H13F3N4O/c1-3-15(2)7-13-6(16-14-7)4-12-5-8(9,10)11/h12H,3-5H2,1-2H3. The molecular weight excluding hydrogens is 225 g/mol. The largest absolute Gasteiger partial charge is 0.401 e. The van der Waals surface area contributed by atoms with Gasteiger partial charge in [0, 0.05) is 13.6 Å². The maximum absolute atomic E-state index is 11.8. The van der Waals surface area contributed by atoms with Crippen LogP contribution in [0.4, 0.5) is 19.1 Å². The van der Waals surface area contributed by atoms with Crippen molar-refractivity contribution in [2.24, 2.45) is 0 Å². The zero-order chi connectivity index (χ0) is 12.2. The third-order valence-corrected chi connectivity index (χ3v) is 1.87. The highest BCUT2D eigenvalue weighted by molar-refractivity contribution is 5.24. The zero-order valence-corrected chi connectivity index (χ0v) is 9.01. The summed E-state index contributed by atoms with van der Waals surface area (Å²) in [4.78, 5) is 5.64. The number of nitrogens with one attached hydrogen (secondary N) is 1. The van der Waals surface area contributed by atoms with E-state index in [1.165, 1.54) is 0 Å². The Bertz CT molecular complexity index is 325. The molecule has 1 N–H and O–H groups in total. The smallest absolute Gasteiger partial charge is 0.342 e. The van der Waals surface area contributed by atoms with Crippen molar-refractivity contribution in [3.8, 4) is 0 Å². The van der Waals surface area contributed by atoms with E-state index in [2.05, 4.69) is 15.5 Å². The van der Waals surface area contributed by atoms with Gasteiger partial charge in [-0.05, 0) is 12.1 Å². The van der Waals surface area contributed by atoms with E-state index in [4.69, 9.17) is 4.52 Å². The molecular formula is C8H13F3N4O. The van der Waals surface area contributed by atoms with Crippen LogP contribution in [0.5, 0.6) is 0 Å². The molecule has 0 aliphatic heterocycles. The van der Waals surface area contributed by atoms with E-state index >= 15 is 0 Å². The Hall–Kier alpha value is -1.31. The SMILES string of the molecule is CCN(C)c1noc(CNCC(F)(F)F)n1. The van der Waals surface area contributed by atoms with Gasteiger partial charge in [0.2, 0.25) is 5.89 Å². The van der Waals surface area contributed by atoms with Gasteiger partial charge >= 0.3 is 6.18 Å². The average molecular weight is 238 g/mol. The van der Waals surface area contributed by atoms with E-state index in [1.54, 1.807) is 11.9 Å². The van der Waals surface area contributed by atoms with Gasteiger partial charge in [-0.15, -0.1) is 0 Å². The van der Waals surface area contributed by atoms with Crippen molar-refractivity contribution in [1.29, 1.82) is 0 Å². The maximum atomic E-state index is 11.8. The summed E-state index contributed by atoms with van der Waals surface area (Å²) < 4.78 is 40.2. The van der Waals surface area contributed by atoms with Crippen molar-refractivity contribution in [1.82, 2.24) is 15.5 Å². The van der Waals surface area contributed by atoms with Gasteiger partial charge in [0.1, 0.15) is 0 Å². The molecule has 1 aromatic rings. The molecule has 0 aliphatic carbocycles. The molecule has 1 rings (SSSR count). The Balaban J connectivity index is 2.41. The molecule has 92 valence electrons. The third-order valence-electron chi connectivity index (χ3n) is 1.87. The second-order valence-corrected chi connectivity index (χ2v) is 3.22. The van der Waals surface area contributed by atoms with Crippen LogP contribution in [0, 0.1) is 0 Å². The summed E-state index contributed by atoms with van der Waals surface area (Å²) in [5.74, 6) is 0.505. The predicted octanol–water partition coefficient (Wildman–Crippen LogP) is 1.18. The molecule has 0 amide bonds. The molecule has 0 bridgehead atoms. The fourth-order valence-corrected chi connectivity index (χ4v) is 0.925. The van der Waals surface area contributed by atoms with E-state index in [0.717, 1.165) is 0 Å². The Kier molecular flexibility index (Phi) is 4.11. The van der Waals surface area contributed by atoms with Crippen LogP contribution in [0.15, 0.2) is 4.52 Å². The first-order valence-electron chi connectivity index (χ1n) is 4.73. The highest BCUT2D eigenvalue weighted by atomic mass is 19.4. The van der Waals surface area contributed by atoms with Crippen LogP contribution in [-0.4, -0.2) is 36.5 Å². The summed E-state index contributed by atoms with van der Waals surface area (Å²) in [6, 6.07) is 0. The third kappa shape index (κ3) is 4.05. The van der Waals surface area contributed by atoms with Gasteiger partial charge in [0.05, 0.1) is 13.1 Å². The first kappa shape index (κ1) is 12.8. The van der Waals surface area contributed by atoms with Gasteiger partial charge in [-0.1, -0.05) is 0 Å². The number of halogens is 3. The van der Waals surface area contributed by atoms with E-state index in [1.807, 2.05) is 6.92 Å². The first-order valence-corrected chi connectivity index (χ1v) is 4.73. The lowest BCUT2D eigenvalue weighted by atomic mass is 10.5. The van der Waals surface area contributed by atoms with Crippen LogP contribution in [0.1, 0.15) is 12.8 Å². The Morgan fingerprint density at radius 2 is 2.12 bits per heavy atom. The number of hydrogen-bond acceptors (Lipinski definition) is 5. The fourth-order valence-electron chi connectivity index (χ4n) is 0.925. The van der Waals surface area contributed by atoms with Crippen molar-refractivity contribution in [2.45, 2.75) is 19.6 Å². The van der Waals surface area contributed by atoms with Crippen molar-refractivity contribution in [3.05, 3.63) is 5.89 Å². The Morgan fingerprint density at radius 1 is 1.44 bits per heavy atom. The molecule has 0 fully saturated rings. The summed E-state index contributed by atoms with van der Waals surface area (Å²) in [5.41, 5.74) is 0. The molecule has 8 heteroatoms. The molecule has 0 aliphatic rings. The van der Waals surface area contributed by atoms with Gasteiger partial charge in [-0.25, -0.2) is 0 Å².